The predicted octanol–water partition coefficient (Wildman–Crippen LogP) is -18.0. The van der Waals surface area contributed by atoms with Crippen LogP contribution in [-0.2, 0) is 0 Å². The number of rotatable bonds is 0. The molecule has 0 aromatic carbocycles. The molecule has 0 fully saturated rings. The van der Waals surface area contributed by atoms with Crippen molar-refractivity contribution in [2.45, 2.75) is 0 Å². The van der Waals surface area contributed by atoms with Gasteiger partial charge in [0.15, 0.2) is 0 Å². The molecule has 0 aliphatic heterocycles. The molecule has 0 aliphatic rings. The smallest absolute Gasteiger partial charge is 1.00 e. The minimum Gasteiger partial charge on any atom is -1.00 e. The van der Waals surface area contributed by atoms with Crippen molar-refractivity contribution >= 4 is 0 Å². The molecule has 0 radical (unpaired) electrons. The largest absolute Gasteiger partial charge is 1.00 e. The van der Waals surface area contributed by atoms with E-state index < -0.39 is 0 Å². The number of aliphatic hydroxyl groups excluding tert-OH is 24. The molecule has 51 heavy (non-hydrogen) atoms. The molecule has 0 rings (SSSR count). The van der Waals surface area contributed by atoms with Crippen molar-refractivity contribution in [2.75, 3.05) is 171 Å². The molecule has 0 atom stereocenters. The third kappa shape index (κ3) is 31300. The zero-order chi connectivity index (χ0) is 48.0. The molecule has 0 spiro atoms. The number of hydrogen-bond donors (Lipinski definition) is 24. The minimum absolute atomic E-state index is 0. The van der Waals surface area contributed by atoms with Crippen LogP contribution in [0.5, 0.6) is 0 Å². The fourth-order valence-corrected chi connectivity index (χ4v) is 0. The minimum atomic E-state index is 0. The maximum atomic E-state index is 7.00. The molecule has 0 amide bonds. The first-order chi connectivity index (χ1) is 24.0. The van der Waals surface area contributed by atoms with Gasteiger partial charge in [-0.2, -0.15) is 0 Å². The van der Waals surface area contributed by atoms with Crippen molar-refractivity contribution in [3.05, 3.63) is 0 Å². The molecule has 0 aliphatic carbocycles. The fourth-order valence-electron chi connectivity index (χ4n) is 0. The molecule has 27 heteroatoms. The fraction of sp³-hybridized carbons (Fsp3) is 1.00. The van der Waals surface area contributed by atoms with Gasteiger partial charge in [0.25, 0.3) is 0 Å². The Morgan fingerprint density at radius 3 is 0.0980 bits per heavy atom. The van der Waals surface area contributed by atoms with Gasteiger partial charge >= 0.3 is 88.7 Å². The molecule has 0 bridgehead atoms. The summed E-state index contributed by atoms with van der Waals surface area (Å²) in [4.78, 5) is 0. The summed E-state index contributed by atoms with van der Waals surface area (Å²) in [5, 5.41) is 168. The van der Waals surface area contributed by atoms with Gasteiger partial charge in [-0.1, -0.05) is 0 Å². The molecular formula is C24H99Na3O24. The third-order valence-corrected chi connectivity index (χ3v) is 0. The van der Waals surface area contributed by atoms with Gasteiger partial charge in [0, 0.05) is 171 Å². The van der Waals surface area contributed by atoms with Gasteiger partial charge in [-0.25, -0.2) is 0 Å². The van der Waals surface area contributed by atoms with E-state index >= 15 is 0 Å². The van der Waals surface area contributed by atoms with Crippen LogP contribution in [0.4, 0.5) is 0 Å². The first-order valence-electron chi connectivity index (χ1n) is 10.7. The molecule has 24 N–H and O–H groups in total. The molecule has 24 nitrogen and oxygen atoms in total. The van der Waals surface area contributed by atoms with Crippen LogP contribution in [0.2, 0.25) is 0 Å². The predicted molar refractivity (Wildman–Crippen MR) is 199 cm³/mol. The monoisotopic (exact) mass is 841 g/mol. The molecule has 0 unspecified atom stereocenters. The summed E-state index contributed by atoms with van der Waals surface area (Å²) in [5.74, 6) is 0. The number of aliphatic hydroxyl groups is 24. The van der Waals surface area contributed by atoms with E-state index in [4.69, 9.17) is 123 Å². The van der Waals surface area contributed by atoms with Gasteiger partial charge in [-0.3, -0.25) is 0 Å². The van der Waals surface area contributed by atoms with Gasteiger partial charge in [-0.15, -0.1) is 0 Å². The Morgan fingerprint density at radius 1 is 0.0980 bits per heavy atom. The topological polar surface area (TPSA) is 486 Å². The summed E-state index contributed by atoms with van der Waals surface area (Å²) < 4.78 is 0. The van der Waals surface area contributed by atoms with E-state index in [0.29, 0.717) is 0 Å². The first kappa shape index (κ1) is 212. The average molecular weight is 841 g/mol. The van der Waals surface area contributed by atoms with Crippen LogP contribution in [0.1, 0.15) is 4.28 Å². The zero-order valence-electron chi connectivity index (χ0n) is 40.7. The van der Waals surface area contributed by atoms with Crippen LogP contribution in [0.15, 0.2) is 0 Å². The Labute approximate surface area is 383 Å². The Hall–Kier alpha value is 2.04. The van der Waals surface area contributed by atoms with Crippen LogP contribution in [0, 0.1) is 0 Å². The van der Waals surface area contributed by atoms with Gasteiger partial charge in [0.1, 0.15) is 0 Å². The SMILES string of the molecule is CO.CO.CO.CO.CO.CO.CO.CO.CO.CO.CO.CO.CO.CO.CO.CO.CO.CO.CO.CO.CO.CO.CO.CO.[H-].[H-].[H-].[Na+].[Na+].[Na+]. The van der Waals surface area contributed by atoms with Gasteiger partial charge in [-0.05, 0) is 0 Å². The average Bonchev–Trinajstić information content (AvgIpc) is 3.34. The standard InChI is InChI=1S/24CH4O.3Na.3H/c24*1-2;;;;;;/h24*2H,1H3;;;;;;/q;;;;;;;;;;;;;;;;;;;;;;;;3*+1;3*-1. The van der Waals surface area contributed by atoms with E-state index in [0.717, 1.165) is 171 Å². The van der Waals surface area contributed by atoms with E-state index in [1.54, 1.807) is 0 Å². The van der Waals surface area contributed by atoms with Crippen LogP contribution in [0.25, 0.3) is 0 Å². The maximum Gasteiger partial charge on any atom is 1.00 e. The van der Waals surface area contributed by atoms with Crippen LogP contribution < -0.4 is 88.7 Å². The summed E-state index contributed by atoms with van der Waals surface area (Å²) in [6, 6.07) is 0. The van der Waals surface area contributed by atoms with E-state index in [9.17, 15) is 0 Å². The molecule has 0 aromatic rings. The molecule has 342 valence electrons. The van der Waals surface area contributed by atoms with Crippen molar-refractivity contribution in [3.63, 3.8) is 0 Å². The Balaban J connectivity index is -0.00000000396. The molecule has 0 saturated heterocycles. The first-order valence-corrected chi connectivity index (χ1v) is 10.7. The summed E-state index contributed by atoms with van der Waals surface area (Å²) in [7, 11) is 24.0. The Bertz CT molecular complexity index is 81.2. The van der Waals surface area contributed by atoms with E-state index in [1.807, 2.05) is 0 Å². The van der Waals surface area contributed by atoms with Gasteiger partial charge < -0.3 is 127 Å². The van der Waals surface area contributed by atoms with Crippen LogP contribution >= 0.6 is 0 Å². The van der Waals surface area contributed by atoms with Crippen molar-refractivity contribution in [1.82, 2.24) is 0 Å². The summed E-state index contributed by atoms with van der Waals surface area (Å²) in [6.45, 7) is 0. The number of hydrogen-bond acceptors (Lipinski definition) is 24. The molecular weight excluding hydrogens is 741 g/mol. The summed E-state index contributed by atoms with van der Waals surface area (Å²) >= 11 is 0. The Morgan fingerprint density at radius 2 is 0.0980 bits per heavy atom. The van der Waals surface area contributed by atoms with E-state index in [2.05, 4.69) is 0 Å². The summed E-state index contributed by atoms with van der Waals surface area (Å²) in [6.07, 6.45) is 0. The second-order valence-corrected chi connectivity index (χ2v) is 0. The molecule has 0 aromatic heterocycles. The Kier molecular flexibility index (Phi) is 135000. The van der Waals surface area contributed by atoms with E-state index in [-0.39, 0.29) is 93.0 Å². The van der Waals surface area contributed by atoms with Crippen LogP contribution in [-0.4, -0.2) is 293 Å². The van der Waals surface area contributed by atoms with E-state index in [1.165, 1.54) is 0 Å². The van der Waals surface area contributed by atoms with Crippen LogP contribution in [0.3, 0.4) is 0 Å². The quantitative estimate of drug-likeness (QED) is 0.101. The van der Waals surface area contributed by atoms with Crippen molar-refractivity contribution in [1.29, 1.82) is 0 Å². The van der Waals surface area contributed by atoms with Crippen molar-refractivity contribution < 1.29 is 216 Å². The van der Waals surface area contributed by atoms with Crippen molar-refractivity contribution in [2.24, 2.45) is 0 Å². The van der Waals surface area contributed by atoms with Gasteiger partial charge in [0.2, 0.25) is 0 Å². The molecule has 0 saturated carbocycles. The summed E-state index contributed by atoms with van der Waals surface area (Å²) in [5.41, 5.74) is 0. The third-order valence-electron chi connectivity index (χ3n) is 0. The second-order valence-electron chi connectivity index (χ2n) is 0. The molecule has 0 heterocycles. The zero-order valence-corrected chi connectivity index (χ0v) is 43.7. The van der Waals surface area contributed by atoms with Crippen molar-refractivity contribution in [3.8, 4) is 0 Å². The maximum absolute atomic E-state index is 7.00. The normalized spacial score (nSPS) is 2.82. The van der Waals surface area contributed by atoms with Gasteiger partial charge in [0.05, 0.1) is 0 Å². The second kappa shape index (κ2) is 32600.